The van der Waals surface area contributed by atoms with Crippen LogP contribution >= 0.6 is 0 Å². The minimum Gasteiger partial charge on any atom is -0.497 e. The van der Waals surface area contributed by atoms with Gasteiger partial charge in [-0.15, -0.1) is 0 Å². The number of carbonyl (C=O) groups is 1. The summed E-state index contributed by atoms with van der Waals surface area (Å²) in [6.45, 7) is 0. The van der Waals surface area contributed by atoms with Gasteiger partial charge in [-0.25, -0.2) is 8.42 Å². The predicted molar refractivity (Wildman–Crippen MR) is 111 cm³/mol. The molecule has 0 aliphatic heterocycles. The van der Waals surface area contributed by atoms with E-state index in [9.17, 15) is 13.2 Å². The zero-order chi connectivity index (χ0) is 20.9. The summed E-state index contributed by atoms with van der Waals surface area (Å²) in [4.78, 5) is 12.4. The Morgan fingerprint density at radius 2 is 1.41 bits per heavy atom. The van der Waals surface area contributed by atoms with Crippen LogP contribution in [-0.2, 0) is 10.0 Å². The summed E-state index contributed by atoms with van der Waals surface area (Å²) in [6, 6.07) is 19.2. The molecule has 0 radical (unpaired) electrons. The molecule has 150 valence electrons. The first-order valence-corrected chi connectivity index (χ1v) is 10.1. The fraction of sp³-hybridized carbons (Fsp3) is 0.0952. The second kappa shape index (κ2) is 8.66. The number of carbonyl (C=O) groups excluding carboxylic acids is 1. The number of anilines is 2. The molecule has 1 amide bonds. The zero-order valence-electron chi connectivity index (χ0n) is 15.9. The molecule has 0 bridgehead atoms. The molecule has 7 nitrogen and oxygen atoms in total. The first kappa shape index (κ1) is 20.2. The number of hydrogen-bond donors (Lipinski definition) is 2. The number of ether oxygens (including phenoxy) is 2. The summed E-state index contributed by atoms with van der Waals surface area (Å²) >= 11 is 0. The molecule has 0 atom stereocenters. The van der Waals surface area contributed by atoms with Crippen LogP contribution in [0.5, 0.6) is 11.5 Å². The largest absolute Gasteiger partial charge is 0.497 e. The van der Waals surface area contributed by atoms with E-state index in [1.165, 1.54) is 38.5 Å². The van der Waals surface area contributed by atoms with Crippen LogP contribution in [0.25, 0.3) is 0 Å². The van der Waals surface area contributed by atoms with Crippen molar-refractivity contribution in [1.82, 2.24) is 0 Å². The fourth-order valence-electron chi connectivity index (χ4n) is 2.59. The zero-order valence-corrected chi connectivity index (χ0v) is 16.7. The van der Waals surface area contributed by atoms with Gasteiger partial charge in [0.05, 0.1) is 24.8 Å². The molecule has 29 heavy (non-hydrogen) atoms. The van der Waals surface area contributed by atoms with Gasteiger partial charge in [0, 0.05) is 17.3 Å². The van der Waals surface area contributed by atoms with Gasteiger partial charge in [-0.05, 0) is 54.6 Å². The van der Waals surface area contributed by atoms with Crippen molar-refractivity contribution in [2.24, 2.45) is 0 Å². The maximum Gasteiger partial charge on any atom is 0.261 e. The molecule has 0 aromatic heterocycles. The molecule has 0 unspecified atom stereocenters. The molecule has 8 heteroatoms. The highest BCUT2D eigenvalue weighted by Crippen LogP contribution is 2.22. The van der Waals surface area contributed by atoms with Gasteiger partial charge in [-0.3, -0.25) is 9.52 Å². The lowest BCUT2D eigenvalue weighted by atomic mass is 10.2. The Bertz CT molecular complexity index is 1110. The molecular weight excluding hydrogens is 392 g/mol. The smallest absolute Gasteiger partial charge is 0.261 e. The maximum atomic E-state index is 12.6. The van der Waals surface area contributed by atoms with E-state index in [4.69, 9.17) is 9.47 Å². The quantitative estimate of drug-likeness (QED) is 0.616. The summed E-state index contributed by atoms with van der Waals surface area (Å²) < 4.78 is 37.9. The molecule has 0 aliphatic carbocycles. The summed E-state index contributed by atoms with van der Waals surface area (Å²) in [5.74, 6) is 0.789. The molecule has 3 rings (SSSR count). The van der Waals surface area contributed by atoms with Gasteiger partial charge in [-0.1, -0.05) is 12.1 Å². The third-order valence-electron chi connectivity index (χ3n) is 4.08. The van der Waals surface area contributed by atoms with Crippen molar-refractivity contribution in [3.05, 3.63) is 78.4 Å². The molecule has 0 spiro atoms. The summed E-state index contributed by atoms with van der Waals surface area (Å²) in [5.41, 5.74) is 1.29. The van der Waals surface area contributed by atoms with Crippen molar-refractivity contribution in [3.8, 4) is 11.5 Å². The second-order valence-corrected chi connectivity index (χ2v) is 7.73. The Kier molecular flexibility index (Phi) is 6.04. The molecule has 3 aromatic rings. The van der Waals surface area contributed by atoms with E-state index in [0.717, 1.165) is 0 Å². The Hall–Kier alpha value is -3.52. The van der Waals surface area contributed by atoms with Gasteiger partial charge in [0.15, 0.2) is 0 Å². The van der Waals surface area contributed by atoms with Crippen LogP contribution in [0.2, 0.25) is 0 Å². The molecule has 0 heterocycles. The predicted octanol–water partition coefficient (Wildman–Crippen LogP) is 3.76. The topological polar surface area (TPSA) is 93.7 Å². The van der Waals surface area contributed by atoms with Gasteiger partial charge in [0.2, 0.25) is 0 Å². The number of rotatable bonds is 7. The van der Waals surface area contributed by atoms with Crippen molar-refractivity contribution in [3.63, 3.8) is 0 Å². The Labute approximate surface area is 169 Å². The van der Waals surface area contributed by atoms with Crippen molar-refractivity contribution < 1.29 is 22.7 Å². The van der Waals surface area contributed by atoms with Gasteiger partial charge in [0.25, 0.3) is 15.9 Å². The maximum absolute atomic E-state index is 12.6. The van der Waals surface area contributed by atoms with E-state index < -0.39 is 10.0 Å². The first-order chi connectivity index (χ1) is 13.9. The van der Waals surface area contributed by atoms with Crippen molar-refractivity contribution in [2.75, 3.05) is 24.3 Å². The average Bonchev–Trinajstić information content (AvgIpc) is 2.74. The third-order valence-corrected chi connectivity index (χ3v) is 5.47. The van der Waals surface area contributed by atoms with Gasteiger partial charge in [-0.2, -0.15) is 0 Å². The second-order valence-electron chi connectivity index (χ2n) is 6.05. The standard InChI is InChI=1S/C21H20N2O5S/c1-27-18-7-3-5-15(13-18)21(24)22-16-9-11-20(12-10-16)29(25,26)23-17-6-4-8-19(14-17)28-2/h3-14,23H,1-2H3,(H,22,24). The Morgan fingerprint density at radius 1 is 0.793 bits per heavy atom. The molecule has 0 saturated carbocycles. The van der Waals surface area contributed by atoms with E-state index in [1.54, 1.807) is 48.5 Å². The molecule has 2 N–H and O–H groups in total. The average molecular weight is 412 g/mol. The van der Waals surface area contributed by atoms with Crippen LogP contribution in [0.1, 0.15) is 10.4 Å². The summed E-state index contributed by atoms with van der Waals surface area (Å²) in [6.07, 6.45) is 0. The minimum atomic E-state index is -3.78. The lowest BCUT2D eigenvalue weighted by molar-refractivity contribution is 0.102. The van der Waals surface area contributed by atoms with Crippen LogP contribution < -0.4 is 19.5 Å². The number of benzene rings is 3. The monoisotopic (exact) mass is 412 g/mol. The minimum absolute atomic E-state index is 0.0692. The number of hydrogen-bond acceptors (Lipinski definition) is 5. The number of amides is 1. The molecule has 0 aliphatic rings. The van der Waals surface area contributed by atoms with E-state index in [1.807, 2.05) is 0 Å². The van der Waals surface area contributed by atoms with Crippen LogP contribution in [0.15, 0.2) is 77.7 Å². The molecule has 0 fully saturated rings. The highest BCUT2D eigenvalue weighted by Gasteiger charge is 2.15. The van der Waals surface area contributed by atoms with Crippen LogP contribution in [0.3, 0.4) is 0 Å². The highest BCUT2D eigenvalue weighted by molar-refractivity contribution is 7.92. The van der Waals surface area contributed by atoms with E-state index in [-0.39, 0.29) is 10.8 Å². The number of methoxy groups -OCH3 is 2. The van der Waals surface area contributed by atoms with Gasteiger partial charge in [0.1, 0.15) is 11.5 Å². The number of sulfonamides is 1. The molecule has 3 aromatic carbocycles. The van der Waals surface area contributed by atoms with Crippen molar-refractivity contribution >= 4 is 27.3 Å². The third kappa shape index (κ3) is 5.05. The van der Waals surface area contributed by atoms with Crippen LogP contribution in [0, 0.1) is 0 Å². The summed E-state index contributed by atoms with van der Waals surface area (Å²) in [7, 11) is -0.750. The van der Waals surface area contributed by atoms with E-state index >= 15 is 0 Å². The van der Waals surface area contributed by atoms with Gasteiger partial charge >= 0.3 is 0 Å². The van der Waals surface area contributed by atoms with Crippen molar-refractivity contribution in [2.45, 2.75) is 4.90 Å². The van der Waals surface area contributed by atoms with E-state index in [0.29, 0.717) is 28.4 Å². The van der Waals surface area contributed by atoms with E-state index in [2.05, 4.69) is 10.0 Å². The van der Waals surface area contributed by atoms with Gasteiger partial charge < -0.3 is 14.8 Å². The molecular formula is C21H20N2O5S. The lowest BCUT2D eigenvalue weighted by Gasteiger charge is -2.10. The first-order valence-electron chi connectivity index (χ1n) is 8.63. The van der Waals surface area contributed by atoms with Crippen LogP contribution in [0.4, 0.5) is 11.4 Å². The summed E-state index contributed by atoms with van der Waals surface area (Å²) in [5, 5.41) is 2.73. The Morgan fingerprint density at radius 3 is 2.07 bits per heavy atom. The molecule has 0 saturated heterocycles. The number of nitrogens with one attached hydrogen (secondary N) is 2. The Balaban J connectivity index is 1.72. The van der Waals surface area contributed by atoms with Crippen molar-refractivity contribution in [1.29, 1.82) is 0 Å². The fourth-order valence-corrected chi connectivity index (χ4v) is 3.64. The SMILES string of the molecule is COc1cccc(NS(=O)(=O)c2ccc(NC(=O)c3cccc(OC)c3)cc2)c1. The highest BCUT2D eigenvalue weighted by atomic mass is 32.2. The van der Waals surface area contributed by atoms with Crippen LogP contribution in [-0.4, -0.2) is 28.5 Å². The normalized spacial score (nSPS) is 10.8. The lowest BCUT2D eigenvalue weighted by Crippen LogP contribution is -2.14.